The van der Waals surface area contributed by atoms with E-state index in [-0.39, 0.29) is 36.1 Å². The lowest BCUT2D eigenvalue weighted by molar-refractivity contribution is -0.143. The fraction of sp³-hybridized carbons (Fsp3) is 0.655. The van der Waals surface area contributed by atoms with Crippen LogP contribution in [0.25, 0.3) is 0 Å². The fourth-order valence-electron chi connectivity index (χ4n) is 5.12. The molecule has 0 aromatic heterocycles. The van der Waals surface area contributed by atoms with Crippen LogP contribution >= 0.6 is 0 Å². The van der Waals surface area contributed by atoms with E-state index in [2.05, 4.69) is 16.7 Å². The number of aryl methyl sites for hydroxylation is 1. The number of hydrogen-bond donors (Lipinski definition) is 3. The van der Waals surface area contributed by atoms with Crippen molar-refractivity contribution in [3.8, 4) is 0 Å². The molecule has 3 N–H and O–H groups in total. The monoisotopic (exact) mass is 561 g/mol. The zero-order chi connectivity index (χ0) is 29.4. The third-order valence-corrected chi connectivity index (χ3v) is 7.53. The van der Waals surface area contributed by atoms with Gasteiger partial charge in [-0.2, -0.15) is 0 Å². The maximum absolute atomic E-state index is 12.8. The number of ether oxygens (including phenoxy) is 3. The molecular formula is C29H43N3O8. The van der Waals surface area contributed by atoms with Crippen molar-refractivity contribution in [1.82, 2.24) is 15.5 Å². The summed E-state index contributed by atoms with van der Waals surface area (Å²) in [6.07, 6.45) is 2.50. The van der Waals surface area contributed by atoms with Crippen molar-refractivity contribution in [1.29, 1.82) is 0 Å². The first kappa shape index (κ1) is 31.2. The number of benzene rings is 1. The number of nitrogens with zero attached hydrogens (tertiary/aromatic N) is 1. The second kappa shape index (κ2) is 13.8. The molecule has 11 nitrogen and oxygen atoms in total. The molecule has 2 aliphatic rings. The van der Waals surface area contributed by atoms with Crippen molar-refractivity contribution < 1.29 is 38.5 Å². The molecule has 40 heavy (non-hydrogen) atoms. The predicted octanol–water partition coefficient (Wildman–Crippen LogP) is 3.62. The first-order chi connectivity index (χ1) is 18.9. The number of esters is 1. The van der Waals surface area contributed by atoms with Gasteiger partial charge in [-0.3, -0.25) is 9.69 Å². The zero-order valence-electron chi connectivity index (χ0n) is 24.2. The Bertz CT molecular complexity index is 1070. The molecule has 2 amide bonds. The van der Waals surface area contributed by atoms with Gasteiger partial charge in [0.2, 0.25) is 0 Å². The molecule has 1 saturated heterocycles. The van der Waals surface area contributed by atoms with Gasteiger partial charge in [0.15, 0.2) is 0 Å². The number of methoxy groups -OCH3 is 1. The molecule has 0 spiro atoms. The summed E-state index contributed by atoms with van der Waals surface area (Å²) in [4.78, 5) is 49.6. The molecule has 11 heteroatoms. The Morgan fingerprint density at radius 2 is 1.93 bits per heavy atom. The number of amides is 2. The van der Waals surface area contributed by atoms with E-state index in [1.807, 2.05) is 26.0 Å². The van der Waals surface area contributed by atoms with Crippen LogP contribution in [0.2, 0.25) is 0 Å². The molecule has 0 radical (unpaired) electrons. The Hall–Kier alpha value is -3.34. The van der Waals surface area contributed by atoms with Crippen LogP contribution in [0.3, 0.4) is 0 Å². The van der Waals surface area contributed by atoms with Gasteiger partial charge in [0.05, 0.1) is 13.7 Å². The molecule has 0 bridgehead atoms. The number of carboxylic acids is 1. The van der Waals surface area contributed by atoms with Gasteiger partial charge in [-0.1, -0.05) is 52.3 Å². The number of carbonyl (C=O) groups is 4. The van der Waals surface area contributed by atoms with Gasteiger partial charge in [-0.15, -0.1) is 0 Å². The van der Waals surface area contributed by atoms with Gasteiger partial charge >= 0.3 is 24.1 Å². The zero-order valence-corrected chi connectivity index (χ0v) is 24.2. The average molecular weight is 562 g/mol. The molecule has 1 aromatic rings. The molecule has 2 heterocycles. The summed E-state index contributed by atoms with van der Waals surface area (Å²) in [5, 5.41) is 14.7. The van der Waals surface area contributed by atoms with Gasteiger partial charge in [-0.05, 0) is 47.3 Å². The maximum Gasteiger partial charge on any atom is 0.410 e. The smallest absolute Gasteiger partial charge is 0.410 e. The van der Waals surface area contributed by atoms with Crippen LogP contribution in [0.4, 0.5) is 9.59 Å². The molecule has 1 unspecified atom stereocenters. The Labute approximate surface area is 235 Å². The van der Waals surface area contributed by atoms with Gasteiger partial charge in [-0.25, -0.2) is 14.4 Å². The highest BCUT2D eigenvalue weighted by Crippen LogP contribution is 2.29. The lowest BCUT2D eigenvalue weighted by Crippen LogP contribution is -2.45. The molecule has 2 aliphatic heterocycles. The van der Waals surface area contributed by atoms with Crippen LogP contribution in [0.1, 0.15) is 70.1 Å². The minimum atomic E-state index is -1.08. The number of carbonyl (C=O) groups excluding carboxylic acids is 3. The van der Waals surface area contributed by atoms with Crippen LogP contribution in [-0.4, -0.2) is 72.6 Å². The Balaban J connectivity index is 1.42. The van der Waals surface area contributed by atoms with Crippen LogP contribution in [0, 0.1) is 11.3 Å². The summed E-state index contributed by atoms with van der Waals surface area (Å²) in [5.74, 6) is -1.69. The van der Waals surface area contributed by atoms with E-state index in [4.69, 9.17) is 14.2 Å². The molecule has 3 rings (SSSR count). The lowest BCUT2D eigenvalue weighted by atomic mass is 9.87. The lowest BCUT2D eigenvalue weighted by Gasteiger charge is -2.25. The molecular weight excluding hydrogens is 518 g/mol. The Morgan fingerprint density at radius 1 is 1.18 bits per heavy atom. The van der Waals surface area contributed by atoms with Gasteiger partial charge in [0.25, 0.3) is 0 Å². The first-order valence-electron chi connectivity index (χ1n) is 13.9. The number of rotatable bonds is 12. The van der Waals surface area contributed by atoms with E-state index in [0.29, 0.717) is 26.1 Å². The van der Waals surface area contributed by atoms with Crippen LogP contribution in [0.5, 0.6) is 0 Å². The van der Waals surface area contributed by atoms with E-state index < -0.39 is 24.1 Å². The van der Waals surface area contributed by atoms with E-state index in [9.17, 15) is 24.3 Å². The van der Waals surface area contributed by atoms with Gasteiger partial charge in [0.1, 0.15) is 18.2 Å². The largest absolute Gasteiger partial charge is 0.480 e. The van der Waals surface area contributed by atoms with Crippen LogP contribution < -0.4 is 10.6 Å². The third-order valence-electron chi connectivity index (χ3n) is 7.53. The summed E-state index contributed by atoms with van der Waals surface area (Å²) in [6, 6.07) is 4.72. The van der Waals surface area contributed by atoms with E-state index in [0.717, 1.165) is 36.8 Å². The summed E-state index contributed by atoms with van der Waals surface area (Å²) in [7, 11) is 1.34. The highest BCUT2D eigenvalue weighted by atomic mass is 16.6. The first-order valence-corrected chi connectivity index (χ1v) is 13.9. The van der Waals surface area contributed by atoms with E-state index >= 15 is 0 Å². The predicted molar refractivity (Wildman–Crippen MR) is 146 cm³/mol. The quantitative estimate of drug-likeness (QED) is 0.198. The molecule has 1 aromatic carbocycles. The average Bonchev–Trinajstić information content (AvgIpc) is 3.55. The summed E-state index contributed by atoms with van der Waals surface area (Å²) in [6.45, 7) is 9.10. The van der Waals surface area contributed by atoms with Crippen LogP contribution in [0.15, 0.2) is 18.2 Å². The van der Waals surface area contributed by atoms with E-state index in [1.54, 1.807) is 18.7 Å². The van der Waals surface area contributed by atoms with Crippen LogP contribution in [-0.2, 0) is 43.3 Å². The summed E-state index contributed by atoms with van der Waals surface area (Å²) >= 11 is 0. The number of fused-ring (bicyclic) bond motifs is 1. The van der Waals surface area contributed by atoms with Crippen molar-refractivity contribution in [2.75, 3.05) is 20.3 Å². The van der Waals surface area contributed by atoms with Crippen molar-refractivity contribution >= 4 is 24.1 Å². The van der Waals surface area contributed by atoms with Crippen molar-refractivity contribution in [3.63, 3.8) is 0 Å². The molecule has 3 atom stereocenters. The highest BCUT2D eigenvalue weighted by molar-refractivity contribution is 5.80. The minimum absolute atomic E-state index is 0.192. The molecule has 0 saturated carbocycles. The van der Waals surface area contributed by atoms with Gasteiger partial charge in [0, 0.05) is 26.1 Å². The fourth-order valence-corrected chi connectivity index (χ4v) is 5.12. The molecule has 1 fully saturated rings. The van der Waals surface area contributed by atoms with Crippen molar-refractivity contribution in [3.05, 3.63) is 34.9 Å². The SMILES string of the molecule is COC(=O)[C@@H]1CC(OC(=O)N2Cc3cccc(CCCCC(C)(C)COC(=O)N[C@H](C(=O)O)C(C)C)c3C2)CN1. The minimum Gasteiger partial charge on any atom is -0.480 e. The summed E-state index contributed by atoms with van der Waals surface area (Å²) in [5.41, 5.74) is 3.23. The number of carboxylic acid groups (broad SMARTS) is 1. The second-order valence-corrected chi connectivity index (χ2v) is 11.8. The number of unbranched alkanes of at least 4 members (excludes halogenated alkanes) is 1. The summed E-state index contributed by atoms with van der Waals surface area (Å²) < 4.78 is 15.7. The number of nitrogens with one attached hydrogen (secondary N) is 2. The van der Waals surface area contributed by atoms with E-state index in [1.165, 1.54) is 12.7 Å². The van der Waals surface area contributed by atoms with Crippen molar-refractivity contribution in [2.24, 2.45) is 11.3 Å². The topological polar surface area (TPSA) is 144 Å². The Kier molecular flexibility index (Phi) is 10.8. The number of aliphatic carboxylic acids is 1. The number of hydrogen-bond acceptors (Lipinski definition) is 8. The second-order valence-electron chi connectivity index (χ2n) is 11.8. The highest BCUT2D eigenvalue weighted by Gasteiger charge is 2.35. The molecule has 0 aliphatic carbocycles. The third kappa shape index (κ3) is 8.58. The van der Waals surface area contributed by atoms with Gasteiger partial charge < -0.3 is 30.0 Å². The molecule has 222 valence electrons. The van der Waals surface area contributed by atoms with Crippen molar-refractivity contribution in [2.45, 2.75) is 91.1 Å². The standard InChI is InChI=1S/C29H43N3O8/c1-18(2)24(25(33)34)31-27(36)39-17-29(3,4)12-7-6-9-19-10-8-11-20-15-32(16-22(19)20)28(37)40-21-13-23(30-14-21)26(35)38-5/h8,10-11,18,21,23-24,30H,6-7,9,12-17H2,1-5H3,(H,31,36)(H,33,34)/t21?,23-,24-/m0/s1. The Morgan fingerprint density at radius 3 is 2.60 bits per heavy atom. The normalized spacial score (nSPS) is 19.2. The maximum atomic E-state index is 12.8. The number of alkyl carbamates (subject to hydrolysis) is 1.